The monoisotopic (exact) mass is 299 g/mol. The average Bonchev–Trinajstić information content (AvgIpc) is 2.29. The number of amides is 1. The molecule has 3 nitrogen and oxygen atoms in total. The molecule has 0 bridgehead atoms. The van der Waals surface area contributed by atoms with Crippen LogP contribution in [0, 0.1) is 5.92 Å². The molecule has 17 heavy (non-hydrogen) atoms. The second kappa shape index (κ2) is 6.05. The first-order chi connectivity index (χ1) is 7.98. The highest BCUT2D eigenvalue weighted by Crippen LogP contribution is 2.24. The van der Waals surface area contributed by atoms with Gasteiger partial charge in [0.15, 0.2) is 0 Å². The van der Waals surface area contributed by atoms with E-state index in [9.17, 15) is 4.79 Å². The van der Waals surface area contributed by atoms with Gasteiger partial charge in [-0.05, 0) is 25.0 Å². The fourth-order valence-corrected chi connectivity index (χ4v) is 1.94. The molecule has 1 aromatic carbocycles. The van der Waals surface area contributed by atoms with Gasteiger partial charge in [-0.2, -0.15) is 0 Å². The molecule has 0 aromatic heterocycles. The second-order valence-electron chi connectivity index (χ2n) is 4.48. The molecular formula is C13H18BrNO2. The van der Waals surface area contributed by atoms with E-state index in [4.69, 9.17) is 4.74 Å². The van der Waals surface area contributed by atoms with Crippen LogP contribution in [0.15, 0.2) is 30.3 Å². The van der Waals surface area contributed by atoms with Crippen LogP contribution in [-0.2, 0) is 4.74 Å². The Balaban J connectivity index is 2.61. The van der Waals surface area contributed by atoms with Gasteiger partial charge in [-0.3, -0.25) is 5.32 Å². The molecular weight excluding hydrogens is 282 g/mol. The molecule has 1 N–H and O–H groups in total. The summed E-state index contributed by atoms with van der Waals surface area (Å²) < 4.78 is 5.46. The predicted molar refractivity (Wildman–Crippen MR) is 73.6 cm³/mol. The molecule has 1 aromatic rings. The van der Waals surface area contributed by atoms with Gasteiger partial charge in [0.25, 0.3) is 0 Å². The maximum atomic E-state index is 11.7. The van der Waals surface area contributed by atoms with E-state index in [1.807, 2.05) is 51.1 Å². The minimum atomic E-state index is -0.501. The molecule has 1 unspecified atom stereocenters. The number of benzene rings is 1. The van der Waals surface area contributed by atoms with Crippen LogP contribution in [-0.4, -0.2) is 17.0 Å². The van der Waals surface area contributed by atoms with E-state index in [0.717, 1.165) is 5.69 Å². The van der Waals surface area contributed by atoms with Gasteiger partial charge < -0.3 is 4.74 Å². The number of hydrogen-bond acceptors (Lipinski definition) is 2. The Morgan fingerprint density at radius 3 is 2.47 bits per heavy atom. The lowest BCUT2D eigenvalue weighted by atomic mass is 9.95. The SMILES string of the molecule is CC(C)C(C)(CBr)OC(=O)Nc1ccccc1. The summed E-state index contributed by atoms with van der Waals surface area (Å²) in [7, 11) is 0. The highest BCUT2D eigenvalue weighted by atomic mass is 79.9. The van der Waals surface area contributed by atoms with Crippen LogP contribution in [0.25, 0.3) is 0 Å². The smallest absolute Gasteiger partial charge is 0.412 e. The van der Waals surface area contributed by atoms with Crippen LogP contribution in [0.3, 0.4) is 0 Å². The number of para-hydroxylation sites is 1. The number of ether oxygens (including phenoxy) is 1. The zero-order chi connectivity index (χ0) is 12.9. The number of carbonyl (C=O) groups is 1. The van der Waals surface area contributed by atoms with Crippen molar-refractivity contribution in [2.45, 2.75) is 26.4 Å². The Morgan fingerprint density at radius 1 is 1.41 bits per heavy atom. The molecule has 1 atom stereocenters. The van der Waals surface area contributed by atoms with Crippen molar-refractivity contribution >= 4 is 27.7 Å². The van der Waals surface area contributed by atoms with Crippen molar-refractivity contribution in [2.24, 2.45) is 5.92 Å². The zero-order valence-corrected chi connectivity index (χ0v) is 12.0. The van der Waals surface area contributed by atoms with Gasteiger partial charge in [0.1, 0.15) is 5.60 Å². The molecule has 0 fully saturated rings. The molecule has 1 amide bonds. The van der Waals surface area contributed by atoms with Crippen LogP contribution >= 0.6 is 15.9 Å². The molecule has 0 aliphatic rings. The highest BCUT2D eigenvalue weighted by Gasteiger charge is 2.31. The first-order valence-electron chi connectivity index (χ1n) is 5.59. The standard InChI is InChI=1S/C13H18BrNO2/c1-10(2)13(3,9-14)17-12(16)15-11-7-5-4-6-8-11/h4-8,10H,9H2,1-3H3,(H,15,16). The molecule has 0 saturated carbocycles. The summed E-state index contributed by atoms with van der Waals surface area (Å²) in [5, 5.41) is 3.32. The lowest BCUT2D eigenvalue weighted by molar-refractivity contribution is 0.0183. The van der Waals surface area contributed by atoms with E-state index in [2.05, 4.69) is 21.2 Å². The highest BCUT2D eigenvalue weighted by molar-refractivity contribution is 9.09. The van der Waals surface area contributed by atoms with E-state index >= 15 is 0 Å². The number of hydrogen-bond donors (Lipinski definition) is 1. The number of nitrogens with one attached hydrogen (secondary N) is 1. The number of anilines is 1. The minimum absolute atomic E-state index is 0.239. The van der Waals surface area contributed by atoms with E-state index in [1.54, 1.807) is 0 Å². The summed E-state index contributed by atoms with van der Waals surface area (Å²) in [5.41, 5.74) is 0.233. The van der Waals surface area contributed by atoms with Crippen molar-refractivity contribution in [3.63, 3.8) is 0 Å². The van der Waals surface area contributed by atoms with Crippen LogP contribution in [0.1, 0.15) is 20.8 Å². The first kappa shape index (κ1) is 14.0. The van der Waals surface area contributed by atoms with Crippen molar-refractivity contribution in [1.29, 1.82) is 0 Å². The maximum Gasteiger partial charge on any atom is 0.412 e. The number of halogens is 1. The second-order valence-corrected chi connectivity index (χ2v) is 5.04. The largest absolute Gasteiger partial charge is 0.442 e. The summed E-state index contributed by atoms with van der Waals surface area (Å²) in [6.45, 7) is 5.96. The van der Waals surface area contributed by atoms with Crippen LogP contribution < -0.4 is 5.32 Å². The molecule has 0 saturated heterocycles. The van der Waals surface area contributed by atoms with Crippen molar-refractivity contribution in [3.05, 3.63) is 30.3 Å². The van der Waals surface area contributed by atoms with Gasteiger partial charge in [0, 0.05) is 11.0 Å². The van der Waals surface area contributed by atoms with E-state index in [1.165, 1.54) is 0 Å². The number of carbonyl (C=O) groups excluding carboxylic acids is 1. The van der Waals surface area contributed by atoms with Gasteiger partial charge in [-0.1, -0.05) is 48.0 Å². The minimum Gasteiger partial charge on any atom is -0.442 e. The van der Waals surface area contributed by atoms with E-state index in [0.29, 0.717) is 5.33 Å². The molecule has 0 spiro atoms. The van der Waals surface area contributed by atoms with Gasteiger partial charge >= 0.3 is 6.09 Å². The molecule has 94 valence electrons. The average molecular weight is 300 g/mol. The third kappa shape index (κ3) is 4.04. The van der Waals surface area contributed by atoms with Gasteiger partial charge in [-0.15, -0.1) is 0 Å². The maximum absolute atomic E-state index is 11.7. The molecule has 4 heteroatoms. The summed E-state index contributed by atoms with van der Waals surface area (Å²) in [6.07, 6.45) is -0.424. The first-order valence-corrected chi connectivity index (χ1v) is 6.71. The van der Waals surface area contributed by atoms with Gasteiger partial charge in [-0.25, -0.2) is 4.79 Å². The van der Waals surface area contributed by atoms with Crippen LogP contribution in [0.5, 0.6) is 0 Å². The Morgan fingerprint density at radius 2 is 2.00 bits per heavy atom. The Labute approximate surface area is 111 Å². The van der Waals surface area contributed by atoms with Crippen molar-refractivity contribution < 1.29 is 9.53 Å². The van der Waals surface area contributed by atoms with Crippen LogP contribution in [0.4, 0.5) is 10.5 Å². The molecule has 0 heterocycles. The summed E-state index contributed by atoms with van der Waals surface area (Å²) in [4.78, 5) is 11.7. The van der Waals surface area contributed by atoms with Gasteiger partial charge in [0.05, 0.1) is 0 Å². The molecule has 0 aliphatic heterocycles. The topological polar surface area (TPSA) is 38.3 Å². The Hall–Kier alpha value is -1.03. The van der Waals surface area contributed by atoms with Crippen molar-refractivity contribution in [3.8, 4) is 0 Å². The van der Waals surface area contributed by atoms with E-state index in [-0.39, 0.29) is 5.92 Å². The number of alkyl halides is 1. The molecule has 1 rings (SSSR count). The molecule has 0 aliphatic carbocycles. The Bertz CT molecular complexity index is 367. The fourth-order valence-electron chi connectivity index (χ4n) is 1.18. The summed E-state index contributed by atoms with van der Waals surface area (Å²) >= 11 is 3.38. The zero-order valence-electron chi connectivity index (χ0n) is 10.4. The summed E-state index contributed by atoms with van der Waals surface area (Å²) in [6, 6.07) is 9.26. The van der Waals surface area contributed by atoms with Gasteiger partial charge in [0.2, 0.25) is 0 Å². The fraction of sp³-hybridized carbons (Fsp3) is 0.462. The van der Waals surface area contributed by atoms with Crippen LogP contribution in [0.2, 0.25) is 0 Å². The predicted octanol–water partition coefficient (Wildman–Crippen LogP) is 4.04. The van der Waals surface area contributed by atoms with E-state index < -0.39 is 11.7 Å². The quantitative estimate of drug-likeness (QED) is 0.852. The normalized spacial score (nSPS) is 14.2. The summed E-state index contributed by atoms with van der Waals surface area (Å²) in [5.74, 6) is 0.239. The van der Waals surface area contributed by atoms with Crippen molar-refractivity contribution in [1.82, 2.24) is 0 Å². The lowest BCUT2D eigenvalue weighted by Gasteiger charge is -2.31. The lowest BCUT2D eigenvalue weighted by Crippen LogP contribution is -2.40. The third-order valence-corrected chi connectivity index (χ3v) is 3.95. The third-order valence-electron chi connectivity index (χ3n) is 2.83. The number of rotatable bonds is 4. The Kier molecular flexibility index (Phi) is 5.00. The molecule has 0 radical (unpaired) electrons. The van der Waals surface area contributed by atoms with Crippen molar-refractivity contribution in [2.75, 3.05) is 10.6 Å².